The van der Waals surface area contributed by atoms with Crippen LogP contribution in [0.2, 0.25) is 0 Å². The van der Waals surface area contributed by atoms with Gasteiger partial charge in [0.25, 0.3) is 0 Å². The van der Waals surface area contributed by atoms with Gasteiger partial charge in [-0.2, -0.15) is 13.6 Å². The van der Waals surface area contributed by atoms with Crippen molar-refractivity contribution in [2.45, 2.75) is 71.7 Å². The molecule has 19 nitrogen and oxygen atoms in total. The van der Waals surface area contributed by atoms with Crippen molar-refractivity contribution in [3.8, 4) is 0 Å². The molecule has 2 rings (SSSR count). The molecule has 0 amide bonds. The minimum Gasteiger partial charge on any atom is -0.387 e. The van der Waals surface area contributed by atoms with Gasteiger partial charge in [0.1, 0.15) is 18.3 Å². The first-order chi connectivity index (χ1) is 18.6. The van der Waals surface area contributed by atoms with Gasteiger partial charge >= 0.3 is 29.2 Å². The number of phosphoric ester groups is 1. The summed E-state index contributed by atoms with van der Waals surface area (Å²) in [5.41, 5.74) is 0.948. The second-order valence-corrected chi connectivity index (χ2v) is 13.8. The Morgan fingerprint density at radius 3 is 2.00 bits per heavy atom. The van der Waals surface area contributed by atoms with Gasteiger partial charge < -0.3 is 39.4 Å². The monoisotopic (exact) mass is 656 g/mol. The minimum absolute atomic E-state index is 0.0356. The van der Waals surface area contributed by atoms with E-state index in [1.54, 1.807) is 20.8 Å². The number of nitrogens with one attached hydrogen (secondary N) is 1. The van der Waals surface area contributed by atoms with Crippen LogP contribution in [-0.4, -0.2) is 94.4 Å². The molecular formula is C19H39N4O15P3. The number of phosphoric acid groups is 3. The Balaban J connectivity index is 0.00000106. The topological polar surface area (TPSA) is 269 Å². The van der Waals surface area contributed by atoms with Crippen LogP contribution in [0.3, 0.4) is 0 Å². The van der Waals surface area contributed by atoms with Crippen molar-refractivity contribution in [1.29, 1.82) is 0 Å². The number of nitrogens with zero attached hydrogens (tertiary/aromatic N) is 3. The minimum atomic E-state index is -5.74. The number of anilines is 1. The van der Waals surface area contributed by atoms with Crippen LogP contribution in [0, 0.1) is 0 Å². The van der Waals surface area contributed by atoms with Crippen LogP contribution < -0.4 is 11.2 Å². The van der Waals surface area contributed by atoms with Crippen LogP contribution in [0.5, 0.6) is 0 Å². The molecule has 0 aromatic carbocycles. The maximum absolute atomic E-state index is 12.3. The van der Waals surface area contributed by atoms with E-state index in [2.05, 4.69) is 49.3 Å². The predicted octanol–water partition coefficient (Wildman–Crippen LogP) is 0.696. The van der Waals surface area contributed by atoms with Crippen LogP contribution >= 0.6 is 23.5 Å². The average Bonchev–Trinajstić information content (AvgIpc) is 3.09. The van der Waals surface area contributed by atoms with E-state index < -0.39 is 65.9 Å². The highest BCUT2D eigenvalue weighted by atomic mass is 31.3. The molecule has 1 aromatic heterocycles. The Hall–Kier alpha value is -1.11. The third-order valence-corrected chi connectivity index (χ3v) is 8.87. The fourth-order valence-electron chi connectivity index (χ4n) is 3.11. The lowest BCUT2D eigenvalue weighted by atomic mass is 10.1. The zero-order valence-electron chi connectivity index (χ0n) is 23.3. The normalized spacial score (nSPS) is 24.3. The van der Waals surface area contributed by atoms with Crippen LogP contribution in [0.1, 0.15) is 47.8 Å². The first kappa shape index (κ1) is 37.9. The average molecular weight is 656 g/mol. The molecule has 2 heterocycles. The van der Waals surface area contributed by atoms with Gasteiger partial charge in [-0.3, -0.25) is 13.9 Å². The summed E-state index contributed by atoms with van der Waals surface area (Å²) in [5.74, 6) is 0.0356. The largest absolute Gasteiger partial charge is 0.490 e. The number of hydrogen-bond donors (Lipinski definition) is 7. The molecule has 7 N–H and O–H groups in total. The van der Waals surface area contributed by atoms with Crippen molar-refractivity contribution in [2.24, 2.45) is 0 Å². The van der Waals surface area contributed by atoms with Crippen molar-refractivity contribution in [1.82, 2.24) is 14.5 Å². The summed E-state index contributed by atoms with van der Waals surface area (Å²) < 4.78 is 51.3. The second kappa shape index (κ2) is 15.6. The quantitative estimate of drug-likeness (QED) is 0.114. The molecule has 2 unspecified atom stereocenters. The maximum Gasteiger partial charge on any atom is 0.490 e. The van der Waals surface area contributed by atoms with Crippen LogP contribution in [0.25, 0.3) is 0 Å². The number of ether oxygens (including phenoxy) is 1. The summed E-state index contributed by atoms with van der Waals surface area (Å²) in [7, 11) is -16.8. The van der Waals surface area contributed by atoms with E-state index >= 15 is 0 Å². The Morgan fingerprint density at radius 1 is 1.00 bits per heavy atom. The zero-order valence-corrected chi connectivity index (χ0v) is 26.0. The predicted molar refractivity (Wildman–Crippen MR) is 142 cm³/mol. The molecule has 0 saturated carbocycles. The number of aliphatic hydroxyl groups excluding tert-OH is 2. The summed E-state index contributed by atoms with van der Waals surface area (Å²) in [4.78, 5) is 59.2. The fourth-order valence-corrected chi connectivity index (χ4v) is 6.14. The summed E-state index contributed by atoms with van der Waals surface area (Å²) in [6.07, 6.45) is -5.42. The highest BCUT2D eigenvalue weighted by Gasteiger charge is 2.46. The molecule has 1 fully saturated rings. The van der Waals surface area contributed by atoms with E-state index in [4.69, 9.17) is 24.3 Å². The van der Waals surface area contributed by atoms with Crippen molar-refractivity contribution >= 4 is 29.3 Å². The van der Waals surface area contributed by atoms with Crippen LogP contribution in [0.4, 0.5) is 5.82 Å². The smallest absolute Gasteiger partial charge is 0.387 e. The maximum atomic E-state index is 12.3. The van der Waals surface area contributed by atoms with E-state index in [1.165, 1.54) is 25.7 Å². The van der Waals surface area contributed by atoms with Gasteiger partial charge in [-0.05, 0) is 46.5 Å². The van der Waals surface area contributed by atoms with Crippen LogP contribution in [-0.2, 0) is 36.4 Å². The van der Waals surface area contributed by atoms with E-state index in [0.29, 0.717) is 0 Å². The first-order valence-electron chi connectivity index (χ1n) is 12.2. The van der Waals surface area contributed by atoms with Gasteiger partial charge in [-0.15, -0.1) is 0 Å². The standard InChI is InChI=1S/C13H24N3O15P3.C6H15N/c1-13(2,3)29-15-8-4-5-16(12(19)14-8)11-10(18)9(17)7(28-11)6-27-33(23,24)31-34(25,26)30-32(20,21)22;1-4-7(5-2)6-3/h4-5,7,9-11,17-18H,6H2,1-3H3,(H,23,24)(H,25,26)(H,14,15,19)(H2,20,21,22);4-6H2,1-3H3/t7-,9-,10-,11-;/m1./s1. The molecule has 1 aliphatic rings. The molecular weight excluding hydrogens is 617 g/mol. The van der Waals surface area contributed by atoms with Crippen molar-refractivity contribution in [3.05, 3.63) is 22.7 Å². The zero-order chi connectivity index (χ0) is 31.8. The second-order valence-electron chi connectivity index (χ2n) is 9.37. The molecule has 0 aliphatic carbocycles. The van der Waals surface area contributed by atoms with Gasteiger partial charge in [0.05, 0.1) is 12.2 Å². The van der Waals surface area contributed by atoms with Crippen molar-refractivity contribution < 1.29 is 66.2 Å². The van der Waals surface area contributed by atoms with Crippen molar-refractivity contribution in [3.63, 3.8) is 0 Å². The highest BCUT2D eigenvalue weighted by molar-refractivity contribution is 7.66. The third-order valence-electron chi connectivity index (χ3n) is 5.06. The van der Waals surface area contributed by atoms with Gasteiger partial charge in [-0.1, -0.05) is 20.8 Å². The molecule has 0 spiro atoms. The van der Waals surface area contributed by atoms with Gasteiger partial charge in [0, 0.05) is 6.20 Å². The van der Waals surface area contributed by atoms with Gasteiger partial charge in [0.15, 0.2) is 12.0 Å². The molecule has 1 saturated heterocycles. The van der Waals surface area contributed by atoms with Gasteiger partial charge in [0.2, 0.25) is 0 Å². The summed E-state index contributed by atoms with van der Waals surface area (Å²) in [5, 5.41) is 20.3. The van der Waals surface area contributed by atoms with E-state index in [0.717, 1.165) is 10.8 Å². The first-order valence-corrected chi connectivity index (χ1v) is 16.7. The highest BCUT2D eigenvalue weighted by Crippen LogP contribution is 2.66. The molecule has 1 aliphatic heterocycles. The number of hydrogen-bond acceptors (Lipinski definition) is 14. The summed E-state index contributed by atoms with van der Waals surface area (Å²) in [6.45, 7) is 14.3. The number of aromatic nitrogens is 2. The lowest BCUT2D eigenvalue weighted by Crippen LogP contribution is -2.36. The SMILES string of the molecule is CC(C)(C)ONc1ccn([C@@H]2O[C@H](COP(=O)(O)OP(=O)(O)OP(=O)(O)O)[C@@H](O)[C@H]2O)c(=O)n1.CCN(CC)CC. The Bertz CT molecular complexity index is 1160. The summed E-state index contributed by atoms with van der Waals surface area (Å²) >= 11 is 0. The number of rotatable bonds is 13. The fraction of sp³-hybridized carbons (Fsp3) is 0.789. The van der Waals surface area contributed by atoms with Gasteiger partial charge in [-0.25, -0.2) is 24.0 Å². The third kappa shape index (κ3) is 13.8. The van der Waals surface area contributed by atoms with E-state index in [1.807, 2.05) is 0 Å². The Kier molecular flexibility index (Phi) is 14.4. The molecule has 0 bridgehead atoms. The Morgan fingerprint density at radius 2 is 1.56 bits per heavy atom. The summed E-state index contributed by atoms with van der Waals surface area (Å²) in [6, 6.07) is 1.30. The van der Waals surface area contributed by atoms with Crippen molar-refractivity contribution in [2.75, 3.05) is 31.7 Å². The molecule has 240 valence electrons. The molecule has 6 atom stereocenters. The molecule has 0 radical (unpaired) electrons. The van der Waals surface area contributed by atoms with E-state index in [9.17, 15) is 33.6 Å². The number of aliphatic hydroxyl groups is 2. The van der Waals surface area contributed by atoms with E-state index in [-0.39, 0.29) is 5.82 Å². The lowest BCUT2D eigenvalue weighted by Gasteiger charge is -2.20. The van der Waals surface area contributed by atoms with Crippen LogP contribution in [0.15, 0.2) is 17.1 Å². The lowest BCUT2D eigenvalue weighted by molar-refractivity contribution is -0.0542. The molecule has 22 heteroatoms. The molecule has 41 heavy (non-hydrogen) atoms. The Labute approximate surface area is 236 Å². The molecule has 1 aromatic rings.